The minimum absolute atomic E-state index is 0.166. The minimum atomic E-state index is -0.166. The number of nitrogens with zero attached hydrogens (tertiary/aromatic N) is 2. The van der Waals surface area contributed by atoms with Gasteiger partial charge in [0.2, 0.25) is 0 Å². The Hall–Kier alpha value is -2.57. The molecule has 118 valence electrons. The molecule has 0 radical (unpaired) electrons. The second-order valence-corrected chi connectivity index (χ2v) is 7.10. The summed E-state index contributed by atoms with van der Waals surface area (Å²) in [5.74, 6) is -0.166. The van der Waals surface area contributed by atoms with Crippen molar-refractivity contribution in [3.8, 4) is 10.6 Å². The fraction of sp³-hybridized carbons (Fsp3) is 0.0556. The zero-order chi connectivity index (χ0) is 16.5. The van der Waals surface area contributed by atoms with Gasteiger partial charge in [-0.15, -0.1) is 22.7 Å². The maximum Gasteiger partial charge on any atom is 0.258 e. The molecular weight excluding hydrogens is 338 g/mol. The summed E-state index contributed by atoms with van der Waals surface area (Å²) >= 11 is 3.03. The molecular formula is C18H13N3OS2. The highest BCUT2D eigenvalue weighted by Crippen LogP contribution is 2.28. The molecule has 4 nitrogen and oxygen atoms in total. The second kappa shape index (κ2) is 6.14. The number of aromatic nitrogens is 2. The zero-order valence-corrected chi connectivity index (χ0v) is 14.4. The van der Waals surface area contributed by atoms with Crippen LogP contribution < -0.4 is 5.32 Å². The van der Waals surface area contributed by atoms with E-state index in [2.05, 4.69) is 15.3 Å². The summed E-state index contributed by atoms with van der Waals surface area (Å²) < 4.78 is 0. The number of fused-ring (bicyclic) bond motifs is 1. The SMILES string of the molecule is Cc1csc(NC(=O)c2cc(-c3cccs3)nc3ccccc23)n1. The highest BCUT2D eigenvalue weighted by Gasteiger charge is 2.15. The number of para-hydroxylation sites is 1. The molecule has 0 saturated heterocycles. The maximum atomic E-state index is 12.8. The second-order valence-electron chi connectivity index (χ2n) is 5.30. The number of rotatable bonds is 3. The van der Waals surface area contributed by atoms with Crippen LogP contribution in [0.3, 0.4) is 0 Å². The van der Waals surface area contributed by atoms with Crippen molar-refractivity contribution >= 4 is 44.6 Å². The smallest absolute Gasteiger partial charge is 0.258 e. The quantitative estimate of drug-likeness (QED) is 0.566. The maximum absolute atomic E-state index is 12.8. The molecule has 3 heterocycles. The first-order valence-corrected chi connectivity index (χ1v) is 9.14. The fourth-order valence-electron chi connectivity index (χ4n) is 2.49. The Kier molecular flexibility index (Phi) is 3.84. The number of nitrogens with one attached hydrogen (secondary N) is 1. The Morgan fingerprint density at radius 2 is 1.96 bits per heavy atom. The van der Waals surface area contributed by atoms with Crippen LogP contribution in [0, 0.1) is 6.92 Å². The standard InChI is InChI=1S/C18H13N3OS2/c1-11-10-24-18(19-11)21-17(22)13-9-15(16-7-4-8-23-16)20-14-6-3-2-5-12(13)14/h2-10H,1H3,(H,19,21,22). The predicted molar refractivity (Wildman–Crippen MR) is 99.9 cm³/mol. The number of benzene rings is 1. The van der Waals surface area contributed by atoms with E-state index in [0.29, 0.717) is 10.7 Å². The zero-order valence-electron chi connectivity index (χ0n) is 12.8. The number of aryl methyl sites for hydroxylation is 1. The van der Waals surface area contributed by atoms with Crippen molar-refractivity contribution in [3.63, 3.8) is 0 Å². The van der Waals surface area contributed by atoms with Gasteiger partial charge in [-0.2, -0.15) is 0 Å². The Morgan fingerprint density at radius 3 is 2.71 bits per heavy atom. The fourth-order valence-corrected chi connectivity index (χ4v) is 3.86. The third-order valence-electron chi connectivity index (χ3n) is 3.57. The Labute approximate surface area is 146 Å². The lowest BCUT2D eigenvalue weighted by Crippen LogP contribution is -2.13. The summed E-state index contributed by atoms with van der Waals surface area (Å²) in [6.45, 7) is 1.91. The van der Waals surface area contributed by atoms with Gasteiger partial charge in [-0.25, -0.2) is 9.97 Å². The van der Waals surface area contributed by atoms with Crippen molar-refractivity contribution in [2.45, 2.75) is 6.92 Å². The number of amides is 1. The highest BCUT2D eigenvalue weighted by atomic mass is 32.1. The summed E-state index contributed by atoms with van der Waals surface area (Å²) in [5, 5.41) is 8.25. The van der Waals surface area contributed by atoms with Gasteiger partial charge >= 0.3 is 0 Å². The lowest BCUT2D eigenvalue weighted by atomic mass is 10.1. The molecule has 0 saturated carbocycles. The summed E-state index contributed by atoms with van der Waals surface area (Å²) in [6, 6.07) is 13.5. The molecule has 1 amide bonds. The van der Waals surface area contributed by atoms with Gasteiger partial charge in [0.1, 0.15) is 0 Å². The molecule has 0 spiro atoms. The number of anilines is 1. The van der Waals surface area contributed by atoms with E-state index >= 15 is 0 Å². The van der Waals surface area contributed by atoms with Gasteiger partial charge in [0, 0.05) is 10.8 Å². The first kappa shape index (κ1) is 15.0. The van der Waals surface area contributed by atoms with Crippen LogP contribution in [0.1, 0.15) is 16.1 Å². The molecule has 0 aliphatic rings. The predicted octanol–water partition coefficient (Wildman–Crippen LogP) is 4.98. The van der Waals surface area contributed by atoms with Gasteiger partial charge < -0.3 is 0 Å². The number of carbonyl (C=O) groups excluding carboxylic acids is 1. The molecule has 4 rings (SSSR count). The van der Waals surface area contributed by atoms with E-state index < -0.39 is 0 Å². The molecule has 24 heavy (non-hydrogen) atoms. The number of hydrogen-bond donors (Lipinski definition) is 1. The molecule has 6 heteroatoms. The Balaban J connectivity index is 1.82. The minimum Gasteiger partial charge on any atom is -0.298 e. The van der Waals surface area contributed by atoms with Gasteiger partial charge in [-0.05, 0) is 30.5 Å². The van der Waals surface area contributed by atoms with E-state index in [0.717, 1.165) is 27.2 Å². The van der Waals surface area contributed by atoms with Gasteiger partial charge in [-0.1, -0.05) is 24.3 Å². The number of thiophene rings is 1. The summed E-state index contributed by atoms with van der Waals surface area (Å²) in [6.07, 6.45) is 0. The largest absolute Gasteiger partial charge is 0.298 e. The van der Waals surface area contributed by atoms with Crippen molar-refractivity contribution in [2.75, 3.05) is 5.32 Å². The average Bonchev–Trinajstić information content (AvgIpc) is 3.25. The Morgan fingerprint density at radius 1 is 1.08 bits per heavy atom. The average molecular weight is 351 g/mol. The summed E-state index contributed by atoms with van der Waals surface area (Å²) in [5.41, 5.74) is 3.12. The van der Waals surface area contributed by atoms with Crippen LogP contribution in [0.25, 0.3) is 21.5 Å². The van der Waals surface area contributed by atoms with E-state index in [-0.39, 0.29) is 5.91 Å². The van der Waals surface area contributed by atoms with E-state index in [1.807, 2.05) is 60.1 Å². The van der Waals surface area contributed by atoms with Crippen molar-refractivity contribution in [1.29, 1.82) is 0 Å². The van der Waals surface area contributed by atoms with E-state index in [4.69, 9.17) is 0 Å². The lowest BCUT2D eigenvalue weighted by molar-refractivity contribution is 0.102. The molecule has 1 N–H and O–H groups in total. The molecule has 4 aromatic rings. The monoisotopic (exact) mass is 351 g/mol. The van der Waals surface area contributed by atoms with Crippen molar-refractivity contribution in [3.05, 3.63) is 64.5 Å². The third-order valence-corrected chi connectivity index (χ3v) is 5.34. The number of carbonyl (C=O) groups is 1. The van der Waals surface area contributed by atoms with Gasteiger partial charge in [0.15, 0.2) is 5.13 Å². The first-order valence-electron chi connectivity index (χ1n) is 7.38. The van der Waals surface area contributed by atoms with Crippen LogP contribution in [-0.2, 0) is 0 Å². The Bertz CT molecular complexity index is 1020. The van der Waals surface area contributed by atoms with Crippen LogP contribution in [0.4, 0.5) is 5.13 Å². The molecule has 3 aromatic heterocycles. The summed E-state index contributed by atoms with van der Waals surface area (Å²) in [4.78, 5) is 22.8. The van der Waals surface area contributed by atoms with Crippen molar-refractivity contribution < 1.29 is 4.79 Å². The molecule has 0 fully saturated rings. The highest BCUT2D eigenvalue weighted by molar-refractivity contribution is 7.14. The van der Waals surface area contributed by atoms with Crippen LogP contribution in [0.5, 0.6) is 0 Å². The molecule has 0 unspecified atom stereocenters. The third kappa shape index (κ3) is 2.81. The van der Waals surface area contributed by atoms with Crippen LogP contribution in [0.2, 0.25) is 0 Å². The number of pyridine rings is 1. The van der Waals surface area contributed by atoms with Gasteiger partial charge in [-0.3, -0.25) is 10.1 Å². The topological polar surface area (TPSA) is 54.9 Å². The molecule has 0 atom stereocenters. The van der Waals surface area contributed by atoms with Crippen molar-refractivity contribution in [1.82, 2.24) is 9.97 Å². The number of thiazole rings is 1. The van der Waals surface area contributed by atoms with Crippen LogP contribution in [0.15, 0.2) is 53.2 Å². The number of hydrogen-bond acceptors (Lipinski definition) is 5. The van der Waals surface area contributed by atoms with E-state index in [1.165, 1.54) is 11.3 Å². The van der Waals surface area contributed by atoms with Crippen LogP contribution >= 0.6 is 22.7 Å². The normalized spacial score (nSPS) is 10.9. The van der Waals surface area contributed by atoms with Crippen molar-refractivity contribution in [2.24, 2.45) is 0 Å². The lowest BCUT2D eigenvalue weighted by Gasteiger charge is -2.08. The van der Waals surface area contributed by atoms with Gasteiger partial charge in [0.25, 0.3) is 5.91 Å². The van der Waals surface area contributed by atoms with E-state index in [9.17, 15) is 4.79 Å². The molecule has 0 aliphatic carbocycles. The van der Waals surface area contributed by atoms with Gasteiger partial charge in [0.05, 0.1) is 27.3 Å². The molecule has 0 bridgehead atoms. The molecule has 0 aliphatic heterocycles. The molecule has 1 aromatic carbocycles. The first-order chi connectivity index (χ1) is 11.7. The van der Waals surface area contributed by atoms with Crippen LogP contribution in [-0.4, -0.2) is 15.9 Å². The van der Waals surface area contributed by atoms with E-state index in [1.54, 1.807) is 11.3 Å². The summed E-state index contributed by atoms with van der Waals surface area (Å²) in [7, 11) is 0.